The van der Waals surface area contributed by atoms with E-state index in [2.05, 4.69) is 69.4 Å². The lowest BCUT2D eigenvalue weighted by Crippen LogP contribution is -2.30. The van der Waals surface area contributed by atoms with E-state index in [4.69, 9.17) is 14.2 Å². The molecule has 0 spiro atoms. The first-order valence-electron chi connectivity index (χ1n) is 34.1. The molecule has 0 aliphatic rings. The zero-order valence-corrected chi connectivity index (χ0v) is 51.7. The standard InChI is InChI=1S/C71H130O6/c1-4-7-10-13-16-19-21-23-25-27-29-30-31-32-33-34-35-36-37-38-39-40-42-43-45-47-49-52-55-58-61-64-70(73)76-67-68(66-75-69(72)63-60-57-54-51-18-15-12-9-6-3)77-71(74)65-62-59-56-53-50-48-46-44-41-28-26-24-22-20-17-14-11-8-5-2/h8,11,17,20,24,26,41,44,68H,4-7,9-10,12-16,18-19,21-23,25,27-40,42-43,45-67H2,1-3H3/b11-8-,20-17-,26-24-,44-41-. The Balaban J connectivity index is 4.07. The Kier molecular flexibility index (Phi) is 63.6. The molecule has 0 rings (SSSR count). The second-order valence-electron chi connectivity index (χ2n) is 23.1. The number of allylic oxidation sites excluding steroid dienone is 8. The highest BCUT2D eigenvalue weighted by Gasteiger charge is 2.19. The van der Waals surface area contributed by atoms with Gasteiger partial charge in [-0.2, -0.15) is 0 Å². The quantitative estimate of drug-likeness (QED) is 0.0261. The van der Waals surface area contributed by atoms with Crippen LogP contribution in [-0.4, -0.2) is 37.2 Å². The number of carbonyl (C=O) groups excluding carboxylic acids is 3. The lowest BCUT2D eigenvalue weighted by atomic mass is 10.0. The summed E-state index contributed by atoms with van der Waals surface area (Å²) in [6, 6.07) is 0. The minimum absolute atomic E-state index is 0.0746. The minimum atomic E-state index is -0.778. The van der Waals surface area contributed by atoms with Crippen LogP contribution in [-0.2, 0) is 28.6 Å². The fourth-order valence-corrected chi connectivity index (χ4v) is 10.3. The van der Waals surface area contributed by atoms with E-state index >= 15 is 0 Å². The number of rotatable bonds is 63. The predicted octanol–water partition coefficient (Wildman–Crippen LogP) is 23.3. The molecule has 0 aliphatic heterocycles. The van der Waals surface area contributed by atoms with Gasteiger partial charge in [-0.25, -0.2) is 0 Å². The van der Waals surface area contributed by atoms with Crippen LogP contribution in [0.2, 0.25) is 0 Å². The smallest absolute Gasteiger partial charge is 0.306 e. The largest absolute Gasteiger partial charge is 0.462 e. The molecule has 0 amide bonds. The number of ether oxygens (including phenoxy) is 3. The van der Waals surface area contributed by atoms with Crippen molar-refractivity contribution in [2.24, 2.45) is 0 Å². The van der Waals surface area contributed by atoms with Gasteiger partial charge in [0.15, 0.2) is 6.10 Å². The molecule has 0 aromatic heterocycles. The van der Waals surface area contributed by atoms with Crippen LogP contribution in [0.5, 0.6) is 0 Å². The molecule has 0 bridgehead atoms. The van der Waals surface area contributed by atoms with E-state index in [0.29, 0.717) is 19.3 Å². The predicted molar refractivity (Wildman–Crippen MR) is 335 cm³/mol. The van der Waals surface area contributed by atoms with Crippen LogP contribution >= 0.6 is 0 Å². The van der Waals surface area contributed by atoms with Crippen molar-refractivity contribution in [3.05, 3.63) is 48.6 Å². The van der Waals surface area contributed by atoms with Gasteiger partial charge in [-0.05, 0) is 57.8 Å². The van der Waals surface area contributed by atoms with Gasteiger partial charge in [0.25, 0.3) is 0 Å². The molecule has 77 heavy (non-hydrogen) atoms. The van der Waals surface area contributed by atoms with Gasteiger partial charge in [0.05, 0.1) is 0 Å². The van der Waals surface area contributed by atoms with Gasteiger partial charge < -0.3 is 14.2 Å². The molecular weight excluding hydrogens is 949 g/mol. The number of unbranched alkanes of at least 4 members (excludes halogenated alkanes) is 44. The molecule has 1 unspecified atom stereocenters. The van der Waals surface area contributed by atoms with Gasteiger partial charge in [0.2, 0.25) is 0 Å². The highest BCUT2D eigenvalue weighted by Crippen LogP contribution is 2.18. The maximum absolute atomic E-state index is 12.9. The summed E-state index contributed by atoms with van der Waals surface area (Å²) in [4.78, 5) is 38.2. The number of carbonyl (C=O) groups is 3. The Morgan fingerprint density at radius 1 is 0.273 bits per heavy atom. The van der Waals surface area contributed by atoms with Crippen molar-refractivity contribution in [1.29, 1.82) is 0 Å². The van der Waals surface area contributed by atoms with Crippen LogP contribution in [0.1, 0.15) is 367 Å². The van der Waals surface area contributed by atoms with E-state index in [1.165, 1.54) is 231 Å². The molecule has 1 atom stereocenters. The summed E-state index contributed by atoms with van der Waals surface area (Å²) in [5.41, 5.74) is 0. The highest BCUT2D eigenvalue weighted by molar-refractivity contribution is 5.71. The highest BCUT2D eigenvalue weighted by atomic mass is 16.6. The third kappa shape index (κ3) is 64.1. The van der Waals surface area contributed by atoms with E-state index in [1.807, 2.05) is 0 Å². The van der Waals surface area contributed by atoms with Crippen molar-refractivity contribution < 1.29 is 28.6 Å². The Morgan fingerprint density at radius 3 is 0.792 bits per heavy atom. The normalized spacial score (nSPS) is 12.3. The fraction of sp³-hybridized carbons (Fsp3) is 0.845. The third-order valence-electron chi connectivity index (χ3n) is 15.3. The monoisotopic (exact) mass is 1080 g/mol. The summed E-state index contributed by atoms with van der Waals surface area (Å²) in [7, 11) is 0. The van der Waals surface area contributed by atoms with Gasteiger partial charge in [-0.1, -0.05) is 339 Å². The SMILES string of the molecule is CC/C=C\C/C=C\C/C=C\C/C=C\CCCCCCCCC(=O)OC(COC(=O)CCCCCCCCCCC)COC(=O)CCCCCCCCCCCCCCCCCCCCCCCCCCCCCCCCC. The summed E-state index contributed by atoms with van der Waals surface area (Å²) >= 11 is 0. The molecule has 0 radical (unpaired) electrons. The maximum Gasteiger partial charge on any atom is 0.306 e. The Hall–Kier alpha value is -2.63. The summed E-state index contributed by atoms with van der Waals surface area (Å²) in [5.74, 6) is -0.871. The van der Waals surface area contributed by atoms with Crippen molar-refractivity contribution in [3.63, 3.8) is 0 Å². The van der Waals surface area contributed by atoms with Crippen molar-refractivity contribution in [2.75, 3.05) is 13.2 Å². The summed E-state index contributed by atoms with van der Waals surface area (Å²) in [5, 5.41) is 0. The van der Waals surface area contributed by atoms with Crippen LogP contribution in [0.25, 0.3) is 0 Å². The van der Waals surface area contributed by atoms with Crippen LogP contribution < -0.4 is 0 Å². The van der Waals surface area contributed by atoms with Crippen LogP contribution in [0.3, 0.4) is 0 Å². The molecule has 6 heteroatoms. The zero-order valence-electron chi connectivity index (χ0n) is 51.7. The average molecular weight is 1080 g/mol. The topological polar surface area (TPSA) is 78.9 Å². The Labute approximate surface area is 479 Å². The molecule has 0 fully saturated rings. The summed E-state index contributed by atoms with van der Waals surface area (Å²) in [6.45, 7) is 6.55. The summed E-state index contributed by atoms with van der Waals surface area (Å²) < 4.78 is 16.9. The van der Waals surface area contributed by atoms with Gasteiger partial charge in [-0.3, -0.25) is 14.4 Å². The molecule has 450 valence electrons. The Morgan fingerprint density at radius 2 is 0.506 bits per heavy atom. The van der Waals surface area contributed by atoms with Gasteiger partial charge >= 0.3 is 17.9 Å². The van der Waals surface area contributed by atoms with Crippen LogP contribution in [0, 0.1) is 0 Å². The van der Waals surface area contributed by atoms with Crippen LogP contribution in [0.15, 0.2) is 48.6 Å². The van der Waals surface area contributed by atoms with Crippen molar-refractivity contribution in [1.82, 2.24) is 0 Å². The molecule has 0 heterocycles. The van der Waals surface area contributed by atoms with Crippen LogP contribution in [0.4, 0.5) is 0 Å². The van der Waals surface area contributed by atoms with Gasteiger partial charge in [-0.15, -0.1) is 0 Å². The maximum atomic E-state index is 12.9. The minimum Gasteiger partial charge on any atom is -0.462 e. The molecule has 0 saturated carbocycles. The van der Waals surface area contributed by atoms with E-state index in [1.54, 1.807) is 0 Å². The number of esters is 3. The summed E-state index contributed by atoms with van der Waals surface area (Å²) in [6.07, 6.45) is 83.1. The molecule has 0 aromatic carbocycles. The van der Waals surface area contributed by atoms with E-state index in [9.17, 15) is 14.4 Å². The first-order chi connectivity index (χ1) is 38.0. The van der Waals surface area contributed by atoms with Gasteiger partial charge in [0, 0.05) is 19.3 Å². The molecule has 6 nitrogen and oxygen atoms in total. The molecule has 0 aromatic rings. The van der Waals surface area contributed by atoms with Crippen molar-refractivity contribution >= 4 is 17.9 Å². The Bertz CT molecular complexity index is 1330. The van der Waals surface area contributed by atoms with Gasteiger partial charge in [0.1, 0.15) is 13.2 Å². The zero-order chi connectivity index (χ0) is 55.7. The first-order valence-corrected chi connectivity index (χ1v) is 34.1. The fourth-order valence-electron chi connectivity index (χ4n) is 10.3. The number of hydrogen-bond acceptors (Lipinski definition) is 6. The second-order valence-corrected chi connectivity index (χ2v) is 23.1. The lowest BCUT2D eigenvalue weighted by Gasteiger charge is -2.18. The lowest BCUT2D eigenvalue weighted by molar-refractivity contribution is -0.167. The van der Waals surface area contributed by atoms with E-state index in [-0.39, 0.29) is 31.1 Å². The molecule has 0 saturated heterocycles. The third-order valence-corrected chi connectivity index (χ3v) is 15.3. The number of hydrogen-bond donors (Lipinski definition) is 0. The van der Waals surface area contributed by atoms with Crippen molar-refractivity contribution in [2.45, 2.75) is 374 Å². The van der Waals surface area contributed by atoms with E-state index in [0.717, 1.165) is 96.3 Å². The van der Waals surface area contributed by atoms with Crippen molar-refractivity contribution in [3.8, 4) is 0 Å². The van der Waals surface area contributed by atoms with E-state index < -0.39 is 6.10 Å². The second kappa shape index (κ2) is 65.9. The average Bonchev–Trinajstić information content (AvgIpc) is 3.43. The molecule has 0 aliphatic carbocycles. The molecular formula is C71H130O6. The molecule has 0 N–H and O–H groups in total. The first kappa shape index (κ1) is 74.4.